The van der Waals surface area contributed by atoms with Crippen LogP contribution in [0, 0.1) is 6.07 Å². The van der Waals surface area contributed by atoms with Crippen molar-refractivity contribution in [2.75, 3.05) is 6.61 Å². The van der Waals surface area contributed by atoms with Gasteiger partial charge in [-0.3, -0.25) is 9.36 Å². The number of carbonyl (C=O) groups is 1. The maximum absolute atomic E-state index is 9.51. The maximum atomic E-state index is 9.51. The summed E-state index contributed by atoms with van der Waals surface area (Å²) >= 11 is 13.8. The molecule has 0 bridgehead atoms. The molecule has 4 rings (SSSR count). The Morgan fingerprint density at radius 2 is 1.15 bits per heavy atom. The molecule has 0 heterocycles. The van der Waals surface area contributed by atoms with Crippen molar-refractivity contribution in [2.45, 2.75) is 33.0 Å². The van der Waals surface area contributed by atoms with Gasteiger partial charge in [-0.05, 0) is 77.3 Å². The fourth-order valence-corrected chi connectivity index (χ4v) is 3.05. The van der Waals surface area contributed by atoms with Crippen LogP contribution in [-0.2, 0) is 9.36 Å². The van der Waals surface area contributed by atoms with Gasteiger partial charge in [0, 0.05) is 0 Å². The van der Waals surface area contributed by atoms with Crippen LogP contribution in [0.4, 0.5) is 0 Å². The summed E-state index contributed by atoms with van der Waals surface area (Å²) in [5.74, 6) is 0. The Balaban J connectivity index is -0.000000178. The van der Waals surface area contributed by atoms with Crippen LogP contribution in [0.5, 0.6) is 0 Å². The Morgan fingerprint density at radius 1 is 0.712 bits per heavy atom. The zero-order chi connectivity index (χ0) is 37.7. The minimum Gasteiger partial charge on any atom is -1.00 e. The number of rotatable bonds is 8. The molecule has 4 aromatic carbocycles. The van der Waals surface area contributed by atoms with E-state index in [1.54, 1.807) is 38.2 Å². The maximum Gasteiger partial charge on any atom is 2.00 e. The van der Waals surface area contributed by atoms with Gasteiger partial charge in [0.05, 0.1) is 18.8 Å². The second-order valence-corrected chi connectivity index (χ2v) is 16.0. The molecule has 2 unspecified atom stereocenters. The van der Waals surface area contributed by atoms with E-state index in [-0.39, 0.29) is 54.2 Å². The topological polar surface area (TPSA) is 94.8 Å². The van der Waals surface area contributed by atoms with Crippen LogP contribution in [0.2, 0.25) is 0 Å². The van der Waals surface area contributed by atoms with E-state index in [0.717, 1.165) is 17.4 Å². The molecule has 0 amide bonds. The molecule has 0 fully saturated rings. The van der Waals surface area contributed by atoms with E-state index in [1.165, 1.54) is 11.6 Å². The number of aldehydes is 1. The van der Waals surface area contributed by atoms with Gasteiger partial charge < -0.3 is 32.3 Å². The molecule has 276 valence electrons. The second kappa shape index (κ2) is 41.2. The first kappa shape index (κ1) is 56.2. The molecule has 0 aliphatic rings. The molecule has 52 heavy (non-hydrogen) atoms. The van der Waals surface area contributed by atoms with E-state index in [9.17, 15) is 14.5 Å². The van der Waals surface area contributed by atoms with Crippen molar-refractivity contribution < 1.29 is 43.1 Å². The quantitative estimate of drug-likeness (QED) is 0.0315. The first-order valence-electron chi connectivity index (χ1n) is 15.4. The minimum absolute atomic E-state index is 0. The van der Waals surface area contributed by atoms with E-state index in [4.69, 9.17) is 10.2 Å². The predicted molar refractivity (Wildman–Crippen MR) is 223 cm³/mol. The van der Waals surface area contributed by atoms with Crippen LogP contribution in [0.15, 0.2) is 170 Å². The third-order valence-electron chi connectivity index (χ3n) is 5.20. The van der Waals surface area contributed by atoms with E-state index >= 15 is 0 Å². The van der Waals surface area contributed by atoms with Crippen LogP contribution in [0.25, 0.3) is 12.2 Å². The van der Waals surface area contributed by atoms with E-state index in [2.05, 4.69) is 39.8 Å². The van der Waals surface area contributed by atoms with Gasteiger partial charge in [-0.2, -0.15) is 36.4 Å². The number of hydrogen-bond donors (Lipinski definition) is 3. The molecule has 4 aromatic rings. The largest absolute Gasteiger partial charge is 2.00 e. The summed E-state index contributed by atoms with van der Waals surface area (Å²) in [5, 5.41) is 23.6. The Bertz CT molecular complexity index is 1490. The fraction of sp³-hybridized carbons (Fsp3) is 0.146. The molecule has 0 saturated carbocycles. The molecule has 11 heteroatoms. The summed E-state index contributed by atoms with van der Waals surface area (Å²) in [6, 6.07) is 42.0. The van der Waals surface area contributed by atoms with Crippen LogP contribution in [0.1, 0.15) is 45.0 Å². The summed E-state index contributed by atoms with van der Waals surface area (Å²) in [7, 11) is 0. The molecule has 3 N–H and O–H groups in total. The summed E-state index contributed by atoms with van der Waals surface area (Å²) in [6.45, 7) is 5.53. The number of aliphatic hydroxyl groups excluding tert-OH is 3. The Hall–Kier alpha value is -2.52. The smallest absolute Gasteiger partial charge is 1.00 e. The monoisotopic (exact) mass is 859 g/mol. The van der Waals surface area contributed by atoms with Gasteiger partial charge in [0.25, 0.3) is 0 Å². The summed E-state index contributed by atoms with van der Waals surface area (Å²) in [4.78, 5) is 9.32. The first-order valence-corrected chi connectivity index (χ1v) is 19.8. The number of hydrogen-bond acceptors (Lipinski definition) is 5. The van der Waals surface area contributed by atoms with Gasteiger partial charge >= 0.3 is 29.7 Å². The summed E-state index contributed by atoms with van der Waals surface area (Å²) < 4.78 is 9.51. The normalized spacial score (nSPS) is 11.3. The van der Waals surface area contributed by atoms with Gasteiger partial charge in [-0.15, -0.1) is 0 Å². The number of aliphatic hydroxyl groups is 3. The summed E-state index contributed by atoms with van der Waals surface area (Å²) in [5.41, 5.74) is 3.22. The molecule has 0 spiro atoms. The standard InChI is InChI=1S/C11H12O.2C10H12O.C6H5.C4H6O.BrH.Cl3OP.Mg/c12-10-6-2-5-9-11-7-3-1-4-8-11;1-9(11)7-8-10-5-3-2-4-6-10;1-2-6-10(11)9-7-4-3-5-8-9;1-2-4-6-5-3-1;1-2-3-4-5;;1-5(2,3)4;/h1-9,12H,10H2;2-9,11H,1H3;2-8,10-11H,1H3;1-5H;2-4H,1H3;1H;;/q;;;-1;;;;+2/b6-2+,9-5+;8-7+;6-2+;;3-2+;;;. The predicted octanol–water partition coefficient (Wildman–Crippen LogP) is 8.42. The molecule has 0 aliphatic heterocycles. The van der Waals surface area contributed by atoms with Crippen molar-refractivity contribution in [3.05, 3.63) is 193 Å². The van der Waals surface area contributed by atoms with Gasteiger partial charge in [0.15, 0.2) is 0 Å². The van der Waals surface area contributed by atoms with Gasteiger partial charge in [-0.25, -0.2) is 0 Å². The molecule has 0 aromatic heterocycles. The van der Waals surface area contributed by atoms with Crippen molar-refractivity contribution in [1.29, 1.82) is 0 Å². The van der Waals surface area contributed by atoms with E-state index in [0.29, 0.717) is 0 Å². The van der Waals surface area contributed by atoms with Crippen LogP contribution >= 0.6 is 38.9 Å². The number of benzene rings is 4. The zero-order valence-corrected chi connectivity index (χ0v) is 35.7. The van der Waals surface area contributed by atoms with Crippen molar-refractivity contribution in [1.82, 2.24) is 0 Å². The molecule has 2 atom stereocenters. The third-order valence-corrected chi connectivity index (χ3v) is 5.20. The Kier molecular flexibility index (Phi) is 44.6. The molecule has 0 saturated heterocycles. The zero-order valence-electron chi connectivity index (χ0n) is 30.6. The second-order valence-electron chi connectivity index (χ2n) is 9.41. The summed E-state index contributed by atoms with van der Waals surface area (Å²) in [6.07, 6.45) is 17.8. The number of allylic oxidation sites excluding steroid dienone is 5. The fourth-order valence-electron chi connectivity index (χ4n) is 3.05. The van der Waals surface area contributed by atoms with Crippen LogP contribution < -0.4 is 17.0 Å². The van der Waals surface area contributed by atoms with E-state index in [1.807, 2.05) is 159 Å². The van der Waals surface area contributed by atoms with Crippen molar-refractivity contribution >= 4 is 80.4 Å². The van der Waals surface area contributed by atoms with Gasteiger partial charge in [0.2, 0.25) is 0 Å². The number of halogens is 4. The molecule has 5 nitrogen and oxygen atoms in total. The Morgan fingerprint density at radius 3 is 1.48 bits per heavy atom. The third kappa shape index (κ3) is 45.5. The SMILES string of the molecule is C/C=C/C(O)c1ccccc1.C/C=C/C=O.CC(O)/C=C/c1ccccc1.O=P(Cl)(Cl)Cl.OC/C=C/C=C/c1ccccc1.[Br-].[H+].[Mg+2].[c-]1ccccc1. The average molecular weight is 862 g/mol. The van der Waals surface area contributed by atoms with Crippen LogP contribution in [-0.4, -0.2) is 57.4 Å². The van der Waals surface area contributed by atoms with E-state index < -0.39 is 11.3 Å². The van der Waals surface area contributed by atoms with Crippen LogP contribution in [0.3, 0.4) is 0 Å². The van der Waals surface area contributed by atoms with Gasteiger partial charge in [0.1, 0.15) is 6.29 Å². The van der Waals surface area contributed by atoms with Crippen molar-refractivity contribution in [3.8, 4) is 0 Å². The molecular formula is C41H48BrCl3MgO5P+. The van der Waals surface area contributed by atoms with Crippen molar-refractivity contribution in [2.24, 2.45) is 0 Å². The number of carbonyl (C=O) groups excluding carboxylic acids is 1. The molecular weight excluding hydrogens is 814 g/mol. The molecule has 0 radical (unpaired) electrons. The molecule has 0 aliphatic carbocycles. The van der Waals surface area contributed by atoms with Crippen molar-refractivity contribution in [3.63, 3.8) is 0 Å². The average Bonchev–Trinajstić information content (AvgIpc) is 3.12. The minimum atomic E-state index is -3.22. The first-order chi connectivity index (χ1) is 24.0. The van der Waals surface area contributed by atoms with Gasteiger partial charge in [-0.1, -0.05) is 146 Å². The Labute approximate surface area is 353 Å².